The van der Waals surface area contributed by atoms with Gasteiger partial charge in [0.05, 0.1) is 5.92 Å². The van der Waals surface area contributed by atoms with Gasteiger partial charge in [-0.2, -0.15) is 0 Å². The Balaban J connectivity index is 0.000000726. The molecule has 4 heteroatoms. The Morgan fingerprint density at radius 1 is 1.17 bits per heavy atom. The first-order valence-corrected chi connectivity index (χ1v) is 9.85. The molecule has 4 heterocycles. The number of rotatable bonds is 3. The van der Waals surface area contributed by atoms with E-state index < -0.39 is 0 Å². The van der Waals surface area contributed by atoms with Crippen LogP contribution in [-0.2, 0) is 4.79 Å². The Morgan fingerprint density at radius 3 is 2.42 bits per heavy atom. The Hall–Kier alpha value is -1.65. The van der Waals surface area contributed by atoms with E-state index in [-0.39, 0.29) is 13.3 Å². The van der Waals surface area contributed by atoms with Crippen LogP contribution in [0.2, 0.25) is 0 Å². The van der Waals surface area contributed by atoms with Gasteiger partial charge in [0.15, 0.2) is 0 Å². The smallest absolute Gasteiger partial charge is 0.229 e. The van der Waals surface area contributed by atoms with Crippen molar-refractivity contribution in [3.8, 4) is 10.4 Å². The van der Waals surface area contributed by atoms with Crippen LogP contribution in [0.3, 0.4) is 0 Å². The molecule has 0 radical (unpaired) electrons. The quantitative estimate of drug-likeness (QED) is 0.853. The summed E-state index contributed by atoms with van der Waals surface area (Å²) in [6.07, 6.45) is 2.35. The fourth-order valence-corrected chi connectivity index (χ4v) is 4.39. The Kier molecular flexibility index (Phi) is 5.69. The molecule has 2 bridgehead atoms. The van der Waals surface area contributed by atoms with Crippen LogP contribution in [0, 0.1) is 11.8 Å². The van der Waals surface area contributed by atoms with Gasteiger partial charge < -0.3 is 10.2 Å². The van der Waals surface area contributed by atoms with E-state index in [0.29, 0.717) is 5.92 Å². The van der Waals surface area contributed by atoms with Crippen LogP contribution in [-0.4, -0.2) is 30.4 Å². The van der Waals surface area contributed by atoms with E-state index in [1.807, 2.05) is 26.0 Å². The number of nitrogens with one attached hydrogen (secondary N) is 1. The lowest BCUT2D eigenvalue weighted by molar-refractivity contribution is -0.125. The Morgan fingerprint density at radius 2 is 1.88 bits per heavy atom. The molecule has 1 N–H and O–H groups in total. The lowest BCUT2D eigenvalue weighted by atomic mass is 9.78. The fraction of sp³-hybridized carbons (Fsp3) is 0.450. The number of anilines is 1. The third-order valence-electron chi connectivity index (χ3n) is 4.95. The number of carbonyl (C=O) groups excluding carboxylic acids is 1. The summed E-state index contributed by atoms with van der Waals surface area (Å²) in [5, 5.41) is 5.19. The molecule has 1 aromatic heterocycles. The summed E-state index contributed by atoms with van der Waals surface area (Å²) in [6, 6.07) is 12.4. The maximum absolute atomic E-state index is 12.5. The van der Waals surface area contributed by atoms with Gasteiger partial charge in [-0.3, -0.25) is 4.79 Å². The van der Waals surface area contributed by atoms with Crippen molar-refractivity contribution in [1.29, 1.82) is 0 Å². The minimum Gasteiger partial charge on any atom is -0.326 e. The molecule has 5 rings (SSSR count). The molecule has 24 heavy (non-hydrogen) atoms. The van der Waals surface area contributed by atoms with Gasteiger partial charge in [-0.05, 0) is 61.0 Å². The number of fused-ring (bicyclic) bond motifs is 3. The standard InChI is InChI=1S/C18H20N2OS.C2H6.H2/c21-18(16-12-20-9-7-13(16)8-10-20)19-15-5-3-14(4-6-15)17-2-1-11-22-17;1-2;/h1-6,11,13,16H,7-10,12H2,(H,19,21);1-2H3;1H. The van der Waals surface area contributed by atoms with Gasteiger partial charge in [-0.15, -0.1) is 11.3 Å². The van der Waals surface area contributed by atoms with Crippen LogP contribution < -0.4 is 5.32 Å². The van der Waals surface area contributed by atoms with Crippen molar-refractivity contribution in [2.45, 2.75) is 26.7 Å². The summed E-state index contributed by atoms with van der Waals surface area (Å²) in [7, 11) is 0. The highest BCUT2D eigenvalue weighted by Gasteiger charge is 2.38. The molecule has 3 aliphatic heterocycles. The molecule has 1 atom stereocenters. The molecule has 2 aromatic rings. The summed E-state index contributed by atoms with van der Waals surface area (Å²) >= 11 is 1.73. The minimum atomic E-state index is 0. The van der Waals surface area contributed by atoms with Gasteiger partial charge in [0.1, 0.15) is 0 Å². The van der Waals surface area contributed by atoms with E-state index in [1.54, 1.807) is 11.3 Å². The van der Waals surface area contributed by atoms with Crippen LogP contribution in [0.1, 0.15) is 28.1 Å². The van der Waals surface area contributed by atoms with Crippen LogP contribution in [0.5, 0.6) is 0 Å². The number of benzene rings is 1. The SMILES string of the molecule is CC.O=C(Nc1ccc(-c2cccs2)cc1)C1CN2CCC1CC2.[HH]. The van der Waals surface area contributed by atoms with Crippen LogP contribution >= 0.6 is 11.3 Å². The summed E-state index contributed by atoms with van der Waals surface area (Å²) < 4.78 is 0. The van der Waals surface area contributed by atoms with Crippen LogP contribution in [0.4, 0.5) is 5.69 Å². The van der Waals surface area contributed by atoms with Crippen LogP contribution in [0.15, 0.2) is 41.8 Å². The second-order valence-corrected chi connectivity index (χ2v) is 7.24. The molecular formula is C20H28N2OS. The maximum atomic E-state index is 12.5. The second-order valence-electron chi connectivity index (χ2n) is 6.29. The van der Waals surface area contributed by atoms with Gasteiger partial charge in [0.2, 0.25) is 5.91 Å². The molecule has 3 aliphatic rings. The Bertz CT molecular complexity index is 649. The number of piperidine rings is 3. The zero-order valence-electron chi connectivity index (χ0n) is 14.5. The van der Waals surface area contributed by atoms with Gasteiger partial charge in [-0.1, -0.05) is 32.0 Å². The van der Waals surface area contributed by atoms with E-state index in [2.05, 4.69) is 39.9 Å². The molecule has 3 saturated heterocycles. The predicted molar refractivity (Wildman–Crippen MR) is 105 cm³/mol. The normalized spacial score (nSPS) is 24.8. The summed E-state index contributed by atoms with van der Waals surface area (Å²) in [4.78, 5) is 16.2. The van der Waals surface area contributed by atoms with Crippen molar-refractivity contribution >= 4 is 22.9 Å². The molecule has 1 unspecified atom stereocenters. The third kappa shape index (κ3) is 3.70. The first-order valence-electron chi connectivity index (χ1n) is 8.97. The van der Waals surface area contributed by atoms with Gasteiger partial charge in [0.25, 0.3) is 0 Å². The van der Waals surface area contributed by atoms with E-state index in [4.69, 9.17) is 0 Å². The highest BCUT2D eigenvalue weighted by molar-refractivity contribution is 7.13. The molecule has 130 valence electrons. The third-order valence-corrected chi connectivity index (χ3v) is 5.87. The van der Waals surface area contributed by atoms with E-state index >= 15 is 0 Å². The number of thiophene rings is 1. The van der Waals surface area contributed by atoms with Crippen LogP contribution in [0.25, 0.3) is 10.4 Å². The number of amides is 1. The molecule has 0 saturated carbocycles. The summed E-state index contributed by atoms with van der Waals surface area (Å²) in [6.45, 7) is 7.28. The van der Waals surface area contributed by atoms with Gasteiger partial charge in [0, 0.05) is 18.5 Å². The Labute approximate surface area is 150 Å². The lowest BCUT2D eigenvalue weighted by Gasteiger charge is -2.43. The average Bonchev–Trinajstić information content (AvgIpc) is 3.20. The lowest BCUT2D eigenvalue weighted by Crippen LogP contribution is -2.51. The molecular weight excluding hydrogens is 316 g/mol. The monoisotopic (exact) mass is 344 g/mol. The molecule has 3 fully saturated rings. The second kappa shape index (κ2) is 7.95. The minimum absolute atomic E-state index is 0. The van der Waals surface area contributed by atoms with E-state index in [9.17, 15) is 4.79 Å². The highest BCUT2D eigenvalue weighted by atomic mass is 32.1. The van der Waals surface area contributed by atoms with Gasteiger partial charge in [-0.25, -0.2) is 0 Å². The molecule has 0 spiro atoms. The summed E-state index contributed by atoms with van der Waals surface area (Å²) in [5.41, 5.74) is 2.11. The fourth-order valence-electron chi connectivity index (χ4n) is 3.66. The number of hydrogen-bond donors (Lipinski definition) is 1. The number of carbonyl (C=O) groups is 1. The predicted octanol–water partition coefficient (Wildman–Crippen LogP) is 4.97. The molecule has 1 aromatic carbocycles. The zero-order chi connectivity index (χ0) is 16.9. The average molecular weight is 345 g/mol. The first-order chi connectivity index (χ1) is 11.8. The largest absolute Gasteiger partial charge is 0.326 e. The number of nitrogens with zero attached hydrogens (tertiary/aromatic N) is 1. The van der Waals surface area contributed by atoms with Crippen molar-refractivity contribution in [3.63, 3.8) is 0 Å². The van der Waals surface area contributed by atoms with Crippen molar-refractivity contribution in [2.75, 3.05) is 25.0 Å². The molecule has 3 nitrogen and oxygen atoms in total. The molecule has 0 aliphatic carbocycles. The van der Waals surface area contributed by atoms with Crippen molar-refractivity contribution < 1.29 is 6.22 Å². The van der Waals surface area contributed by atoms with Gasteiger partial charge >= 0.3 is 0 Å². The zero-order valence-corrected chi connectivity index (χ0v) is 15.3. The van der Waals surface area contributed by atoms with E-state index in [0.717, 1.165) is 12.2 Å². The maximum Gasteiger partial charge on any atom is 0.229 e. The topological polar surface area (TPSA) is 32.3 Å². The highest BCUT2D eigenvalue weighted by Crippen LogP contribution is 2.33. The number of hydrogen-bond acceptors (Lipinski definition) is 3. The molecule has 1 amide bonds. The van der Waals surface area contributed by atoms with Crippen molar-refractivity contribution in [1.82, 2.24) is 4.90 Å². The van der Waals surface area contributed by atoms with Crippen molar-refractivity contribution in [3.05, 3.63) is 41.8 Å². The first kappa shape index (κ1) is 17.2. The van der Waals surface area contributed by atoms with E-state index in [1.165, 1.54) is 36.4 Å². The summed E-state index contributed by atoms with van der Waals surface area (Å²) in [5.74, 6) is 0.938. The van der Waals surface area contributed by atoms with Crippen molar-refractivity contribution in [2.24, 2.45) is 11.8 Å².